The Labute approximate surface area is 174 Å². The van der Waals surface area contributed by atoms with Crippen LogP contribution in [-0.4, -0.2) is 29.3 Å². The van der Waals surface area contributed by atoms with E-state index < -0.39 is 6.10 Å². The van der Waals surface area contributed by atoms with Gasteiger partial charge in [-0.05, 0) is 54.3 Å². The third kappa shape index (κ3) is 5.32. The third-order valence-corrected chi connectivity index (χ3v) is 5.28. The van der Waals surface area contributed by atoms with Crippen molar-refractivity contribution < 1.29 is 14.3 Å². The molecule has 3 rings (SSSR count). The molecule has 0 bridgehead atoms. The number of carbonyl (C=O) groups excluding carboxylic acids is 1. The highest BCUT2D eigenvalue weighted by molar-refractivity contribution is 7.18. The van der Waals surface area contributed by atoms with Gasteiger partial charge in [-0.2, -0.15) is 0 Å². The number of nitrogens with zero attached hydrogens (tertiary/aromatic N) is 2. The van der Waals surface area contributed by atoms with Gasteiger partial charge in [-0.15, -0.1) is 10.2 Å². The second-order valence-corrected chi connectivity index (χ2v) is 8.64. The van der Waals surface area contributed by atoms with Gasteiger partial charge in [0, 0.05) is 5.56 Å². The summed E-state index contributed by atoms with van der Waals surface area (Å²) in [6.45, 7) is 8.17. The molecular formula is C22H25N3O3S. The highest BCUT2D eigenvalue weighted by Crippen LogP contribution is 2.28. The Morgan fingerprint density at radius 3 is 2.21 bits per heavy atom. The smallest absolute Gasteiger partial charge is 0.266 e. The first-order valence-corrected chi connectivity index (χ1v) is 10.1. The number of hydrogen-bond acceptors (Lipinski definition) is 6. The van der Waals surface area contributed by atoms with Crippen molar-refractivity contribution in [2.45, 2.75) is 39.2 Å². The van der Waals surface area contributed by atoms with E-state index in [1.54, 1.807) is 14.0 Å². The summed E-state index contributed by atoms with van der Waals surface area (Å²) in [5.74, 6) is 1.15. The van der Waals surface area contributed by atoms with Crippen molar-refractivity contribution in [2.75, 3.05) is 12.4 Å². The highest BCUT2D eigenvalue weighted by Gasteiger charge is 2.18. The van der Waals surface area contributed by atoms with Crippen molar-refractivity contribution in [3.05, 3.63) is 54.1 Å². The minimum atomic E-state index is -0.663. The number of aromatic nitrogens is 2. The molecule has 152 valence electrons. The van der Waals surface area contributed by atoms with Gasteiger partial charge in [0.1, 0.15) is 16.5 Å². The standard InChI is InChI=1S/C22H25N3O3S/c1-14(28-18-12-8-16(9-13-18)22(2,3)4)19(26)23-21-25-24-20(29-21)15-6-10-17(27-5)11-7-15/h6-14H,1-5H3,(H,23,25,26)/t14-/m1/s1. The summed E-state index contributed by atoms with van der Waals surface area (Å²) in [6.07, 6.45) is -0.663. The monoisotopic (exact) mass is 411 g/mol. The lowest BCUT2D eigenvalue weighted by Gasteiger charge is -2.20. The van der Waals surface area contributed by atoms with Gasteiger partial charge in [0.05, 0.1) is 7.11 Å². The molecular weight excluding hydrogens is 386 g/mol. The zero-order chi connectivity index (χ0) is 21.0. The molecule has 0 aliphatic carbocycles. The van der Waals surface area contributed by atoms with E-state index in [0.717, 1.165) is 11.3 Å². The Balaban J connectivity index is 1.60. The van der Waals surface area contributed by atoms with Crippen LogP contribution in [0.25, 0.3) is 10.6 Å². The maximum atomic E-state index is 12.5. The van der Waals surface area contributed by atoms with Crippen LogP contribution in [0.5, 0.6) is 11.5 Å². The summed E-state index contributed by atoms with van der Waals surface area (Å²) in [5.41, 5.74) is 2.19. The van der Waals surface area contributed by atoms with Crippen LogP contribution in [0.2, 0.25) is 0 Å². The van der Waals surface area contributed by atoms with Crippen molar-refractivity contribution in [2.24, 2.45) is 0 Å². The molecule has 29 heavy (non-hydrogen) atoms. The van der Waals surface area contributed by atoms with Crippen LogP contribution < -0.4 is 14.8 Å². The molecule has 0 spiro atoms. The maximum absolute atomic E-state index is 12.5. The van der Waals surface area contributed by atoms with E-state index in [4.69, 9.17) is 9.47 Å². The topological polar surface area (TPSA) is 73.3 Å². The Kier molecular flexibility index (Phi) is 6.17. The lowest BCUT2D eigenvalue weighted by molar-refractivity contribution is -0.122. The number of amides is 1. The zero-order valence-electron chi connectivity index (χ0n) is 17.2. The number of nitrogens with one attached hydrogen (secondary N) is 1. The van der Waals surface area contributed by atoms with Gasteiger partial charge >= 0.3 is 0 Å². The molecule has 1 aromatic heterocycles. The molecule has 1 atom stereocenters. The number of ether oxygens (including phenoxy) is 2. The summed E-state index contributed by atoms with van der Waals surface area (Å²) in [5, 5.41) is 12.1. The molecule has 2 aromatic carbocycles. The number of hydrogen-bond donors (Lipinski definition) is 1. The largest absolute Gasteiger partial charge is 0.497 e. The summed E-state index contributed by atoms with van der Waals surface area (Å²) >= 11 is 1.31. The van der Waals surface area contributed by atoms with Crippen LogP contribution >= 0.6 is 11.3 Å². The number of anilines is 1. The fourth-order valence-electron chi connectivity index (χ4n) is 2.62. The van der Waals surface area contributed by atoms with Gasteiger partial charge in [0.15, 0.2) is 6.10 Å². The van der Waals surface area contributed by atoms with Gasteiger partial charge in [0.25, 0.3) is 5.91 Å². The second kappa shape index (κ2) is 8.61. The van der Waals surface area contributed by atoms with E-state index in [2.05, 4.69) is 36.3 Å². The van der Waals surface area contributed by atoms with Crippen LogP contribution in [0.1, 0.15) is 33.3 Å². The summed E-state index contributed by atoms with van der Waals surface area (Å²) in [6, 6.07) is 15.3. The van der Waals surface area contributed by atoms with Gasteiger partial charge in [-0.25, -0.2) is 0 Å². The molecule has 0 saturated carbocycles. The van der Waals surface area contributed by atoms with E-state index in [1.165, 1.54) is 16.9 Å². The quantitative estimate of drug-likeness (QED) is 0.623. The predicted octanol–water partition coefficient (Wildman–Crippen LogP) is 4.92. The van der Waals surface area contributed by atoms with Crippen LogP contribution in [0.15, 0.2) is 48.5 Å². The van der Waals surface area contributed by atoms with E-state index >= 15 is 0 Å². The third-order valence-electron chi connectivity index (χ3n) is 4.39. The van der Waals surface area contributed by atoms with Gasteiger partial charge in [-0.1, -0.05) is 44.2 Å². The molecule has 1 heterocycles. The minimum absolute atomic E-state index is 0.0704. The van der Waals surface area contributed by atoms with Gasteiger partial charge in [-0.3, -0.25) is 10.1 Å². The van der Waals surface area contributed by atoms with Crippen LogP contribution in [0, 0.1) is 0 Å². The van der Waals surface area contributed by atoms with E-state index in [1.807, 2.05) is 48.5 Å². The predicted molar refractivity (Wildman–Crippen MR) is 116 cm³/mol. The van der Waals surface area contributed by atoms with Gasteiger partial charge < -0.3 is 9.47 Å². The number of benzene rings is 2. The molecule has 0 unspecified atom stereocenters. The number of methoxy groups -OCH3 is 1. The second-order valence-electron chi connectivity index (χ2n) is 7.66. The Morgan fingerprint density at radius 1 is 1.00 bits per heavy atom. The molecule has 6 nitrogen and oxygen atoms in total. The maximum Gasteiger partial charge on any atom is 0.266 e. The van der Waals surface area contributed by atoms with Crippen LogP contribution in [0.3, 0.4) is 0 Å². The SMILES string of the molecule is COc1ccc(-c2nnc(NC(=O)[C@@H](C)Oc3ccc(C(C)(C)C)cc3)s2)cc1. The number of rotatable bonds is 6. The Bertz CT molecular complexity index is 960. The number of carbonyl (C=O) groups is 1. The molecule has 0 aliphatic rings. The average Bonchev–Trinajstić information content (AvgIpc) is 3.16. The lowest BCUT2D eigenvalue weighted by atomic mass is 9.87. The molecule has 1 amide bonds. The summed E-state index contributed by atoms with van der Waals surface area (Å²) in [7, 11) is 1.62. The minimum Gasteiger partial charge on any atom is -0.497 e. The molecule has 3 aromatic rings. The fourth-order valence-corrected chi connectivity index (χ4v) is 3.37. The van der Waals surface area contributed by atoms with Crippen molar-refractivity contribution >= 4 is 22.4 Å². The first kappa shape index (κ1) is 20.8. The molecule has 0 radical (unpaired) electrons. The summed E-state index contributed by atoms with van der Waals surface area (Å²) < 4.78 is 10.9. The molecule has 1 N–H and O–H groups in total. The Morgan fingerprint density at radius 2 is 1.62 bits per heavy atom. The first-order valence-electron chi connectivity index (χ1n) is 9.32. The Hall–Kier alpha value is -2.93. The van der Waals surface area contributed by atoms with Gasteiger partial charge in [0.2, 0.25) is 5.13 Å². The molecule has 7 heteroatoms. The molecule has 0 saturated heterocycles. The average molecular weight is 412 g/mol. The molecule has 0 fully saturated rings. The van der Waals surface area contributed by atoms with Crippen molar-refractivity contribution in [3.63, 3.8) is 0 Å². The lowest BCUT2D eigenvalue weighted by Crippen LogP contribution is -2.30. The fraction of sp³-hybridized carbons (Fsp3) is 0.318. The van der Waals surface area contributed by atoms with Crippen molar-refractivity contribution in [3.8, 4) is 22.1 Å². The van der Waals surface area contributed by atoms with E-state index in [9.17, 15) is 4.79 Å². The van der Waals surface area contributed by atoms with Crippen molar-refractivity contribution in [1.29, 1.82) is 0 Å². The van der Waals surface area contributed by atoms with Crippen molar-refractivity contribution in [1.82, 2.24) is 10.2 Å². The normalized spacial score (nSPS) is 12.3. The highest BCUT2D eigenvalue weighted by atomic mass is 32.1. The van der Waals surface area contributed by atoms with Crippen LogP contribution in [0.4, 0.5) is 5.13 Å². The first-order chi connectivity index (χ1) is 13.8. The summed E-state index contributed by atoms with van der Waals surface area (Å²) in [4.78, 5) is 12.5. The zero-order valence-corrected chi connectivity index (χ0v) is 18.0. The van der Waals surface area contributed by atoms with E-state index in [-0.39, 0.29) is 11.3 Å². The van der Waals surface area contributed by atoms with Crippen LogP contribution in [-0.2, 0) is 10.2 Å². The van der Waals surface area contributed by atoms with E-state index in [0.29, 0.717) is 15.9 Å². The molecule has 0 aliphatic heterocycles.